The van der Waals surface area contributed by atoms with Gasteiger partial charge in [-0.15, -0.1) is 11.8 Å². The quantitative estimate of drug-likeness (QED) is 0.0327. The molecule has 0 spiro atoms. The van der Waals surface area contributed by atoms with Crippen molar-refractivity contribution in [2.75, 3.05) is 68.7 Å². The smallest absolute Gasteiger partial charge is 0.380 e. The summed E-state index contributed by atoms with van der Waals surface area (Å²) in [4.78, 5) is 35.0. The van der Waals surface area contributed by atoms with Gasteiger partial charge in [-0.1, -0.05) is 66.2 Å². The Morgan fingerprint density at radius 2 is 1.53 bits per heavy atom. The van der Waals surface area contributed by atoms with Gasteiger partial charge in [0.05, 0.1) is 29.9 Å². The van der Waals surface area contributed by atoms with Crippen molar-refractivity contribution in [1.29, 1.82) is 0 Å². The van der Waals surface area contributed by atoms with E-state index in [2.05, 4.69) is 14.7 Å². The van der Waals surface area contributed by atoms with Gasteiger partial charge in [-0.3, -0.25) is 14.2 Å². The lowest BCUT2D eigenvalue weighted by Crippen LogP contribution is -2.39. The molecule has 4 N–H and O–H groups in total. The molecule has 5 aromatic carbocycles. The van der Waals surface area contributed by atoms with Crippen molar-refractivity contribution >= 4 is 68.3 Å². The molecule has 5 aromatic rings. The number of sulfonamides is 1. The number of morpholine rings is 1. The largest absolute Gasteiger partial charge is 0.501 e. The minimum absolute atomic E-state index is 0.0972. The van der Waals surface area contributed by atoms with E-state index in [1.165, 1.54) is 23.9 Å². The lowest BCUT2D eigenvalue weighted by atomic mass is 9.84. The number of anilines is 2. The zero-order valence-electron chi connectivity index (χ0n) is 37.4. The second-order valence-electron chi connectivity index (χ2n) is 16.5. The summed E-state index contributed by atoms with van der Waals surface area (Å²) < 4.78 is 126. The number of amides is 1. The lowest BCUT2D eigenvalue weighted by Gasteiger charge is -2.37. The van der Waals surface area contributed by atoms with E-state index in [9.17, 15) is 49.2 Å². The SMILES string of the molecule is O=C(NS(=O)(=O)c1ccc(N[C@H](CCN2CCOCC2)CSc2ccccc2)c(S(=O)(=O)C(F)(F)F)c1)c1ccc(N2CCC([C@@H](OCOP(=O)(O)O)c3ccccc3-c3ccc(Cl)cc3)CC2)cc1. The topological polar surface area (TPSA) is 201 Å². The van der Waals surface area contributed by atoms with Crippen LogP contribution < -0.4 is 14.9 Å². The molecule has 0 aliphatic carbocycles. The molecule has 0 aromatic heterocycles. The number of piperidine rings is 1. The van der Waals surface area contributed by atoms with Crippen molar-refractivity contribution in [3.05, 3.63) is 137 Å². The molecule has 70 heavy (non-hydrogen) atoms. The molecule has 0 radical (unpaired) electrons. The Hall–Kier alpha value is -4.51. The number of alkyl halides is 3. The van der Waals surface area contributed by atoms with Gasteiger partial charge in [0.1, 0.15) is 4.90 Å². The number of benzene rings is 5. The molecule has 1 amide bonds. The van der Waals surface area contributed by atoms with Crippen LogP contribution in [0.1, 0.15) is 41.3 Å². The predicted octanol–water partition coefficient (Wildman–Crippen LogP) is 8.76. The predicted molar refractivity (Wildman–Crippen MR) is 261 cm³/mol. The van der Waals surface area contributed by atoms with Crippen molar-refractivity contribution in [3.8, 4) is 11.1 Å². The summed E-state index contributed by atoms with van der Waals surface area (Å²) in [7, 11) is -15.9. The first-order valence-corrected chi connectivity index (χ1v) is 27.9. The van der Waals surface area contributed by atoms with E-state index in [0.717, 1.165) is 33.7 Å². The molecular weight excluding hydrogens is 1020 g/mol. The first kappa shape index (κ1) is 53.3. The highest BCUT2D eigenvalue weighted by Gasteiger charge is 2.48. The van der Waals surface area contributed by atoms with Crippen molar-refractivity contribution in [1.82, 2.24) is 9.62 Å². The van der Waals surface area contributed by atoms with Crippen LogP contribution in [-0.4, -0.2) is 107 Å². The van der Waals surface area contributed by atoms with Crippen LogP contribution in [0.5, 0.6) is 0 Å². The Balaban J connectivity index is 1.04. The van der Waals surface area contributed by atoms with E-state index >= 15 is 0 Å². The number of nitrogens with one attached hydrogen (secondary N) is 2. The summed E-state index contributed by atoms with van der Waals surface area (Å²) in [5.74, 6) is -0.897. The first-order valence-electron chi connectivity index (χ1n) is 22.1. The first-order chi connectivity index (χ1) is 33.3. The number of halogens is 4. The standard InChI is InChI=1S/C47H51ClF3N4O11PS3/c48-36-14-10-33(11-15-36)41-8-4-5-9-42(41)45(65-32-66-67(57,58)59)34-20-24-55(25-21-34)38-16-12-35(13-17-38)46(56)53-70(62,63)40-18-19-43(44(30-40)69(60,61)47(49,50)51)52-37(22-23-54-26-28-64-29-27-54)31-68-39-6-2-1-3-7-39/h1-19,30,34,37,45,52H,20-29,31-32H2,(H,53,56)(H2,57,58,59)/t37-,45-/m1/s1. The second-order valence-corrected chi connectivity index (χ2v) is 22.9. The third-order valence-electron chi connectivity index (χ3n) is 11.9. The van der Waals surface area contributed by atoms with Crippen LogP contribution in [0, 0.1) is 5.92 Å². The zero-order chi connectivity index (χ0) is 50.1. The molecule has 2 fully saturated rings. The summed E-state index contributed by atoms with van der Waals surface area (Å²) in [6, 6.07) is 31.8. The third-order valence-corrected chi connectivity index (χ3v) is 16.6. The number of phosphoric ester groups is 1. The van der Waals surface area contributed by atoms with Crippen LogP contribution >= 0.6 is 31.2 Å². The molecule has 2 aliphatic heterocycles. The highest BCUT2D eigenvalue weighted by Crippen LogP contribution is 2.42. The van der Waals surface area contributed by atoms with Crippen molar-refractivity contribution < 1.29 is 63.2 Å². The molecular formula is C47H51ClF3N4O11PS3. The minimum Gasteiger partial charge on any atom is -0.380 e. The van der Waals surface area contributed by atoms with Crippen LogP contribution in [-0.2, 0) is 38.4 Å². The van der Waals surface area contributed by atoms with E-state index in [1.54, 1.807) is 24.3 Å². The normalized spacial score (nSPS) is 16.4. The Bertz CT molecular complexity index is 2840. The molecule has 7 rings (SSSR count). The molecule has 376 valence electrons. The minimum atomic E-state index is -6.10. The Kier molecular flexibility index (Phi) is 17.8. The van der Waals surface area contributed by atoms with Gasteiger partial charge in [0.15, 0.2) is 6.79 Å². The summed E-state index contributed by atoms with van der Waals surface area (Å²) >= 11 is 7.57. The van der Waals surface area contributed by atoms with Crippen LogP contribution in [0.25, 0.3) is 11.1 Å². The number of nitrogens with zero attached hydrogens (tertiary/aromatic N) is 2. The number of sulfone groups is 1. The number of carbonyl (C=O) groups excluding carboxylic acids is 1. The van der Waals surface area contributed by atoms with Crippen molar-refractivity contribution in [3.63, 3.8) is 0 Å². The monoisotopic (exact) mass is 1070 g/mol. The summed E-state index contributed by atoms with van der Waals surface area (Å²) in [5, 5.41) is 3.52. The van der Waals surface area contributed by atoms with E-state index in [1.807, 2.05) is 76.4 Å². The lowest BCUT2D eigenvalue weighted by molar-refractivity contribution is -0.0755. The van der Waals surface area contributed by atoms with Gasteiger partial charge in [0, 0.05) is 65.7 Å². The van der Waals surface area contributed by atoms with Crippen LogP contribution in [0.3, 0.4) is 0 Å². The molecule has 0 bridgehead atoms. The van der Waals surface area contributed by atoms with E-state index in [4.69, 9.17) is 21.1 Å². The highest BCUT2D eigenvalue weighted by atomic mass is 35.5. The number of hydrogen-bond acceptors (Lipinski definition) is 13. The fourth-order valence-electron chi connectivity index (χ4n) is 8.24. The molecule has 2 aliphatic rings. The molecule has 2 atom stereocenters. The Labute approximate surface area is 413 Å². The molecule has 0 saturated carbocycles. The van der Waals surface area contributed by atoms with Gasteiger partial charge in [0.25, 0.3) is 25.8 Å². The molecule has 2 heterocycles. The van der Waals surface area contributed by atoms with Crippen LogP contribution in [0.4, 0.5) is 24.5 Å². The number of thioether (sulfide) groups is 1. The van der Waals surface area contributed by atoms with Gasteiger partial charge in [-0.2, -0.15) is 13.2 Å². The van der Waals surface area contributed by atoms with Gasteiger partial charge in [-0.05, 0) is 109 Å². The molecule has 15 nitrogen and oxygen atoms in total. The van der Waals surface area contributed by atoms with Crippen molar-refractivity contribution in [2.45, 2.75) is 51.6 Å². The summed E-state index contributed by atoms with van der Waals surface area (Å²) in [6.07, 6.45) is 0.919. The van der Waals surface area contributed by atoms with Crippen LogP contribution in [0.15, 0.2) is 136 Å². The maximum atomic E-state index is 14.2. The van der Waals surface area contributed by atoms with Gasteiger partial charge >= 0.3 is 13.3 Å². The highest BCUT2D eigenvalue weighted by molar-refractivity contribution is 7.99. The van der Waals surface area contributed by atoms with E-state index in [-0.39, 0.29) is 11.5 Å². The average molecular weight is 1070 g/mol. The number of hydrogen-bond donors (Lipinski definition) is 4. The fourth-order valence-corrected chi connectivity index (χ4v) is 11.6. The number of carbonyl (C=O) groups is 1. The molecule has 2 saturated heterocycles. The number of ether oxygens (including phenoxy) is 2. The van der Waals surface area contributed by atoms with E-state index in [0.29, 0.717) is 87.7 Å². The summed E-state index contributed by atoms with van der Waals surface area (Å²) in [6.45, 7) is 3.23. The molecule has 0 unspecified atom stereocenters. The number of phosphoric acid groups is 1. The Morgan fingerprint density at radius 1 is 0.871 bits per heavy atom. The van der Waals surface area contributed by atoms with Crippen molar-refractivity contribution in [2.24, 2.45) is 5.92 Å². The Morgan fingerprint density at radius 3 is 2.19 bits per heavy atom. The maximum Gasteiger partial charge on any atom is 0.501 e. The van der Waals surface area contributed by atoms with E-state index < -0.39 is 73.5 Å². The fraction of sp³-hybridized carbons (Fsp3) is 0.340. The van der Waals surface area contributed by atoms with Crippen LogP contribution in [0.2, 0.25) is 5.02 Å². The van der Waals surface area contributed by atoms with Gasteiger partial charge in [-0.25, -0.2) is 26.1 Å². The second kappa shape index (κ2) is 23.4. The zero-order valence-corrected chi connectivity index (χ0v) is 41.5. The van der Waals surface area contributed by atoms with Gasteiger partial charge < -0.3 is 29.5 Å². The molecule has 23 heteroatoms. The van der Waals surface area contributed by atoms with Gasteiger partial charge in [0.2, 0.25) is 0 Å². The third kappa shape index (κ3) is 14.1. The maximum absolute atomic E-state index is 14.2. The number of rotatable bonds is 20. The average Bonchev–Trinajstić information content (AvgIpc) is 3.34. The summed E-state index contributed by atoms with van der Waals surface area (Å²) in [5.41, 5.74) is -3.15.